The largest absolute Gasteiger partial charge is 0.417 e. The lowest BCUT2D eigenvalue weighted by atomic mass is 10.2. The molecule has 0 unspecified atom stereocenters. The minimum Gasteiger partial charge on any atom is -0.298 e. The minimum absolute atomic E-state index is 0.332. The highest BCUT2D eigenvalue weighted by molar-refractivity contribution is 5.85. The molecule has 114 valence electrons. The Bertz CT molecular complexity index is 876. The molecule has 5 nitrogen and oxygen atoms in total. The van der Waals surface area contributed by atoms with Crippen molar-refractivity contribution < 1.29 is 18.0 Å². The fourth-order valence-corrected chi connectivity index (χ4v) is 2.44. The number of rotatable bonds is 2. The second-order valence-corrected chi connectivity index (χ2v) is 4.88. The lowest BCUT2D eigenvalue weighted by Crippen LogP contribution is -2.07. The summed E-state index contributed by atoms with van der Waals surface area (Å²) < 4.78 is 41.2. The van der Waals surface area contributed by atoms with E-state index in [9.17, 15) is 18.0 Å². The average Bonchev–Trinajstić information content (AvgIpc) is 2.97. The number of alkyl halides is 3. The Labute approximate surface area is 123 Å². The van der Waals surface area contributed by atoms with Crippen LogP contribution in [0.4, 0.5) is 13.2 Å². The second kappa shape index (κ2) is 4.69. The highest BCUT2D eigenvalue weighted by Gasteiger charge is 2.31. The Morgan fingerprint density at radius 1 is 1.32 bits per heavy atom. The number of hydrogen-bond acceptors (Lipinski definition) is 3. The first-order valence-electron chi connectivity index (χ1n) is 6.36. The zero-order valence-corrected chi connectivity index (χ0v) is 11.7. The Balaban J connectivity index is 2.24. The lowest BCUT2D eigenvalue weighted by Gasteiger charge is -2.08. The maximum atomic E-state index is 12.7. The normalized spacial score (nSPS) is 12.0. The van der Waals surface area contributed by atoms with E-state index in [1.165, 1.54) is 10.7 Å². The highest BCUT2D eigenvalue weighted by Crippen LogP contribution is 2.31. The molecule has 8 heteroatoms. The van der Waals surface area contributed by atoms with E-state index in [1.807, 2.05) is 0 Å². The maximum Gasteiger partial charge on any atom is 0.417 e. The van der Waals surface area contributed by atoms with E-state index in [2.05, 4.69) is 10.1 Å². The van der Waals surface area contributed by atoms with Crippen molar-refractivity contribution in [1.29, 1.82) is 0 Å². The highest BCUT2D eigenvalue weighted by atomic mass is 19.4. The van der Waals surface area contributed by atoms with Gasteiger partial charge in [0, 0.05) is 24.8 Å². The lowest BCUT2D eigenvalue weighted by molar-refractivity contribution is -0.137. The number of hydrogen-bond donors (Lipinski definition) is 0. The van der Waals surface area contributed by atoms with Gasteiger partial charge in [-0.05, 0) is 19.1 Å². The van der Waals surface area contributed by atoms with Crippen molar-refractivity contribution in [2.75, 3.05) is 0 Å². The van der Waals surface area contributed by atoms with Gasteiger partial charge in [-0.1, -0.05) is 0 Å². The molecule has 0 saturated heterocycles. The van der Waals surface area contributed by atoms with Crippen molar-refractivity contribution in [3.63, 3.8) is 0 Å². The summed E-state index contributed by atoms with van der Waals surface area (Å²) in [4.78, 5) is 15.1. The molecule has 0 N–H and O–H groups in total. The third-order valence-corrected chi connectivity index (χ3v) is 3.44. The van der Waals surface area contributed by atoms with Crippen LogP contribution in [-0.4, -0.2) is 25.6 Å². The fourth-order valence-electron chi connectivity index (χ4n) is 2.44. The van der Waals surface area contributed by atoms with Crippen molar-refractivity contribution in [3.05, 3.63) is 41.3 Å². The first-order valence-corrected chi connectivity index (χ1v) is 6.36. The van der Waals surface area contributed by atoms with Gasteiger partial charge in [0.05, 0.1) is 16.8 Å². The van der Waals surface area contributed by atoms with Crippen LogP contribution in [0, 0.1) is 6.92 Å². The number of carbonyl (C=O) groups excluding carboxylic acids is 1. The molecule has 0 saturated carbocycles. The molecule has 0 amide bonds. The average molecular weight is 308 g/mol. The molecule has 3 aromatic heterocycles. The number of nitrogens with zero attached hydrogens (tertiary/aromatic N) is 4. The monoisotopic (exact) mass is 308 g/mol. The third-order valence-electron chi connectivity index (χ3n) is 3.44. The van der Waals surface area contributed by atoms with Crippen LogP contribution in [0.25, 0.3) is 16.9 Å². The van der Waals surface area contributed by atoms with Crippen LogP contribution >= 0.6 is 0 Å². The molecular weight excluding hydrogens is 297 g/mol. The fraction of sp³-hybridized carbons (Fsp3) is 0.214. The van der Waals surface area contributed by atoms with E-state index >= 15 is 0 Å². The number of aromatic nitrogens is 4. The van der Waals surface area contributed by atoms with E-state index in [0.29, 0.717) is 34.4 Å². The summed E-state index contributed by atoms with van der Waals surface area (Å²) in [6, 6.07) is 2.55. The first-order chi connectivity index (χ1) is 10.3. The van der Waals surface area contributed by atoms with Crippen LogP contribution in [0.15, 0.2) is 24.5 Å². The number of carbonyl (C=O) groups is 1. The predicted molar refractivity (Wildman–Crippen MR) is 73.0 cm³/mol. The second-order valence-electron chi connectivity index (χ2n) is 4.88. The van der Waals surface area contributed by atoms with Gasteiger partial charge < -0.3 is 0 Å². The molecule has 0 aromatic carbocycles. The molecule has 0 radical (unpaired) electrons. The summed E-state index contributed by atoms with van der Waals surface area (Å²) in [7, 11) is 1.66. The number of halogens is 3. The summed E-state index contributed by atoms with van der Waals surface area (Å²) >= 11 is 0. The molecule has 3 rings (SSSR count). The van der Waals surface area contributed by atoms with Gasteiger partial charge in [0.2, 0.25) is 0 Å². The zero-order valence-electron chi connectivity index (χ0n) is 11.7. The summed E-state index contributed by atoms with van der Waals surface area (Å²) in [5.41, 5.74) is 0.441. The standard InChI is InChI=1S/C14H11F3N4O/c1-8-11(7-22)13(20(2)19-8)21-4-3-9-5-10(14(15,16)17)6-18-12(9)21/h3-7H,1-2H3. The number of aldehydes is 1. The number of pyridine rings is 1. The molecule has 0 atom stereocenters. The predicted octanol–water partition coefficient (Wildman–Crippen LogP) is 2.90. The summed E-state index contributed by atoms with van der Waals surface area (Å²) in [5, 5.41) is 4.50. The minimum atomic E-state index is -4.44. The van der Waals surface area contributed by atoms with E-state index < -0.39 is 11.7 Å². The molecule has 0 spiro atoms. The topological polar surface area (TPSA) is 52.7 Å². The van der Waals surface area contributed by atoms with Gasteiger partial charge in [0.15, 0.2) is 6.29 Å². The summed E-state index contributed by atoms with van der Waals surface area (Å²) in [6.45, 7) is 1.69. The van der Waals surface area contributed by atoms with Gasteiger partial charge in [-0.25, -0.2) is 4.98 Å². The maximum absolute atomic E-state index is 12.7. The van der Waals surface area contributed by atoms with E-state index in [0.717, 1.165) is 12.3 Å². The molecule has 0 bridgehead atoms. The van der Waals surface area contributed by atoms with E-state index in [-0.39, 0.29) is 0 Å². The van der Waals surface area contributed by atoms with Gasteiger partial charge in [-0.3, -0.25) is 14.0 Å². The van der Waals surface area contributed by atoms with Crippen molar-refractivity contribution in [1.82, 2.24) is 19.3 Å². The van der Waals surface area contributed by atoms with Crippen molar-refractivity contribution in [3.8, 4) is 5.82 Å². The van der Waals surface area contributed by atoms with Gasteiger partial charge in [0.1, 0.15) is 11.5 Å². The quantitative estimate of drug-likeness (QED) is 0.684. The van der Waals surface area contributed by atoms with Crippen LogP contribution in [0.5, 0.6) is 0 Å². The van der Waals surface area contributed by atoms with E-state index in [1.54, 1.807) is 24.7 Å². The molecule has 3 aromatic rings. The molecule has 0 aliphatic rings. The Hall–Kier alpha value is -2.64. The molecule has 0 aliphatic carbocycles. The van der Waals surface area contributed by atoms with Crippen molar-refractivity contribution in [2.24, 2.45) is 7.05 Å². The van der Waals surface area contributed by atoms with Crippen LogP contribution < -0.4 is 0 Å². The van der Waals surface area contributed by atoms with Crippen LogP contribution in [0.2, 0.25) is 0 Å². The smallest absolute Gasteiger partial charge is 0.298 e. The Morgan fingerprint density at radius 3 is 2.68 bits per heavy atom. The number of fused-ring (bicyclic) bond motifs is 1. The van der Waals surface area contributed by atoms with Crippen molar-refractivity contribution in [2.45, 2.75) is 13.1 Å². The molecule has 0 aliphatic heterocycles. The zero-order chi connectivity index (χ0) is 16.1. The summed E-state index contributed by atoms with van der Waals surface area (Å²) in [5.74, 6) is 0.467. The summed E-state index contributed by atoms with van der Waals surface area (Å²) in [6.07, 6.45) is -1.42. The van der Waals surface area contributed by atoms with Crippen LogP contribution in [0.3, 0.4) is 0 Å². The number of aryl methyl sites for hydroxylation is 2. The van der Waals surface area contributed by atoms with Crippen LogP contribution in [0.1, 0.15) is 21.6 Å². The van der Waals surface area contributed by atoms with Crippen LogP contribution in [-0.2, 0) is 13.2 Å². The van der Waals surface area contributed by atoms with Gasteiger partial charge in [-0.2, -0.15) is 18.3 Å². The van der Waals surface area contributed by atoms with Crippen molar-refractivity contribution >= 4 is 17.3 Å². The van der Waals surface area contributed by atoms with Gasteiger partial charge in [0.25, 0.3) is 0 Å². The first kappa shape index (κ1) is 14.3. The van der Waals surface area contributed by atoms with E-state index in [4.69, 9.17) is 0 Å². The SMILES string of the molecule is Cc1nn(C)c(-n2ccc3cc(C(F)(F)F)cnc32)c1C=O. The molecule has 22 heavy (non-hydrogen) atoms. The Kier molecular flexibility index (Phi) is 3.05. The molecular formula is C14H11F3N4O. The Morgan fingerprint density at radius 2 is 2.05 bits per heavy atom. The molecule has 3 heterocycles. The molecule has 0 fully saturated rings. The third kappa shape index (κ3) is 2.07. The van der Waals surface area contributed by atoms with Gasteiger partial charge >= 0.3 is 6.18 Å². The van der Waals surface area contributed by atoms with Gasteiger partial charge in [-0.15, -0.1) is 0 Å².